The summed E-state index contributed by atoms with van der Waals surface area (Å²) in [4.78, 5) is 0. The first-order valence-electron chi connectivity index (χ1n) is 11.0. The highest BCUT2D eigenvalue weighted by Crippen LogP contribution is 2.41. The van der Waals surface area contributed by atoms with Gasteiger partial charge in [-0.05, 0) is 41.5 Å². The fraction of sp³-hybridized carbons (Fsp3) is 0. The van der Waals surface area contributed by atoms with Gasteiger partial charge in [-0.1, -0.05) is 94.8 Å². The molecule has 2 heterocycles. The van der Waals surface area contributed by atoms with Crippen molar-refractivity contribution in [3.05, 3.63) is 114 Å². The number of benzene rings is 5. The number of aromatic nitrogens is 1. The number of halogens is 1. The minimum atomic E-state index is 1.11. The van der Waals surface area contributed by atoms with Crippen molar-refractivity contribution in [3.8, 4) is 16.8 Å². The van der Waals surface area contributed by atoms with E-state index in [4.69, 9.17) is 0 Å². The second-order valence-corrected chi connectivity index (χ2v) is 10.2. The number of rotatable bonds is 2. The number of hydrogen-bond donors (Lipinski definition) is 0. The summed E-state index contributed by atoms with van der Waals surface area (Å²) in [5.41, 5.74) is 6.12. The van der Waals surface area contributed by atoms with Gasteiger partial charge in [0, 0.05) is 30.7 Å². The number of para-hydroxylation sites is 1. The Hall–Kier alpha value is -3.40. The van der Waals surface area contributed by atoms with Gasteiger partial charge in [0.2, 0.25) is 0 Å². The zero-order valence-electron chi connectivity index (χ0n) is 17.6. The molecule has 0 atom stereocenters. The molecule has 0 bridgehead atoms. The van der Waals surface area contributed by atoms with Crippen molar-refractivity contribution in [2.75, 3.05) is 0 Å². The van der Waals surface area contributed by atoms with Crippen LogP contribution in [-0.2, 0) is 0 Å². The van der Waals surface area contributed by atoms with Crippen LogP contribution >= 0.6 is 27.3 Å². The summed E-state index contributed by atoms with van der Waals surface area (Å²) in [5.74, 6) is 0. The SMILES string of the molecule is Brc1ccccc1-c1ccc2c3ccccc3n(-c3cccc4c3sc3ccccc34)c2c1. The molecule has 0 aliphatic heterocycles. The van der Waals surface area contributed by atoms with E-state index in [9.17, 15) is 0 Å². The molecule has 0 unspecified atom stereocenters. The van der Waals surface area contributed by atoms with Crippen LogP contribution in [0.5, 0.6) is 0 Å². The summed E-state index contributed by atoms with van der Waals surface area (Å²) in [5, 5.41) is 5.21. The number of nitrogens with zero attached hydrogens (tertiary/aromatic N) is 1. The molecule has 2 aromatic heterocycles. The molecule has 1 nitrogen and oxygen atoms in total. The maximum absolute atomic E-state index is 3.74. The van der Waals surface area contributed by atoms with E-state index < -0.39 is 0 Å². The molecule has 0 saturated heterocycles. The Morgan fingerprint density at radius 1 is 0.576 bits per heavy atom. The van der Waals surface area contributed by atoms with Gasteiger partial charge in [-0.3, -0.25) is 0 Å². The highest BCUT2D eigenvalue weighted by molar-refractivity contribution is 9.10. The van der Waals surface area contributed by atoms with Crippen molar-refractivity contribution in [1.29, 1.82) is 0 Å². The molecule has 33 heavy (non-hydrogen) atoms. The summed E-state index contributed by atoms with van der Waals surface area (Å²) >= 11 is 5.62. The van der Waals surface area contributed by atoms with E-state index in [0.717, 1.165) is 4.47 Å². The van der Waals surface area contributed by atoms with Gasteiger partial charge < -0.3 is 4.57 Å². The van der Waals surface area contributed by atoms with Gasteiger partial charge in [0.25, 0.3) is 0 Å². The van der Waals surface area contributed by atoms with Crippen molar-refractivity contribution in [3.63, 3.8) is 0 Å². The van der Waals surface area contributed by atoms with E-state index in [1.165, 1.54) is 58.8 Å². The van der Waals surface area contributed by atoms with Crippen molar-refractivity contribution in [1.82, 2.24) is 4.57 Å². The van der Waals surface area contributed by atoms with E-state index in [-0.39, 0.29) is 0 Å². The molecule has 156 valence electrons. The molecule has 0 aliphatic carbocycles. The van der Waals surface area contributed by atoms with E-state index in [2.05, 4.69) is 130 Å². The summed E-state index contributed by atoms with van der Waals surface area (Å²) < 4.78 is 6.21. The molecule has 0 saturated carbocycles. The smallest absolute Gasteiger partial charge is 0.0640 e. The topological polar surface area (TPSA) is 4.93 Å². The van der Waals surface area contributed by atoms with Gasteiger partial charge in [-0.2, -0.15) is 0 Å². The van der Waals surface area contributed by atoms with Gasteiger partial charge >= 0.3 is 0 Å². The monoisotopic (exact) mass is 503 g/mol. The minimum Gasteiger partial charge on any atom is -0.308 e. The fourth-order valence-corrected chi connectivity index (χ4v) is 6.72. The maximum atomic E-state index is 3.74. The molecule has 7 aromatic rings. The number of fused-ring (bicyclic) bond motifs is 6. The van der Waals surface area contributed by atoms with Crippen LogP contribution in [0.4, 0.5) is 0 Å². The standard InChI is InChI=1S/C30H18BrNS/c31-25-12-4-1-8-20(25)19-16-17-22-21-9-2-5-13-26(21)32(28(22)18-19)27-14-7-11-24-23-10-3-6-15-29(23)33-30(24)27/h1-18H. The quantitative estimate of drug-likeness (QED) is 0.221. The third kappa shape index (κ3) is 2.83. The molecule has 0 amide bonds. The van der Waals surface area contributed by atoms with Crippen LogP contribution in [-0.4, -0.2) is 4.57 Å². The summed E-state index contributed by atoms with van der Waals surface area (Å²) in [6, 6.07) is 39.4. The molecular weight excluding hydrogens is 486 g/mol. The number of thiophene rings is 1. The summed E-state index contributed by atoms with van der Waals surface area (Å²) in [7, 11) is 0. The molecular formula is C30H18BrNS. The van der Waals surface area contributed by atoms with Crippen LogP contribution in [0.1, 0.15) is 0 Å². The molecule has 0 N–H and O–H groups in total. The average molecular weight is 504 g/mol. The lowest BCUT2D eigenvalue weighted by molar-refractivity contribution is 1.20. The Morgan fingerprint density at radius 3 is 2.21 bits per heavy atom. The number of hydrogen-bond acceptors (Lipinski definition) is 1. The molecule has 0 aliphatic rings. The van der Waals surface area contributed by atoms with Crippen LogP contribution in [0, 0.1) is 0 Å². The predicted octanol–water partition coefficient (Wildman–Crippen LogP) is 9.58. The zero-order valence-corrected chi connectivity index (χ0v) is 20.0. The normalized spacial score (nSPS) is 11.8. The van der Waals surface area contributed by atoms with E-state index in [1.54, 1.807) is 0 Å². The largest absolute Gasteiger partial charge is 0.308 e. The predicted molar refractivity (Wildman–Crippen MR) is 147 cm³/mol. The second-order valence-electron chi connectivity index (χ2n) is 8.32. The van der Waals surface area contributed by atoms with Gasteiger partial charge in [-0.25, -0.2) is 0 Å². The van der Waals surface area contributed by atoms with Crippen LogP contribution in [0.15, 0.2) is 114 Å². The van der Waals surface area contributed by atoms with E-state index >= 15 is 0 Å². The van der Waals surface area contributed by atoms with Crippen LogP contribution < -0.4 is 0 Å². The van der Waals surface area contributed by atoms with Crippen LogP contribution in [0.2, 0.25) is 0 Å². The third-order valence-electron chi connectivity index (χ3n) is 6.48. The molecule has 5 aromatic carbocycles. The molecule has 7 rings (SSSR count). The average Bonchev–Trinajstić information content (AvgIpc) is 3.40. The van der Waals surface area contributed by atoms with Crippen LogP contribution in [0.3, 0.4) is 0 Å². The van der Waals surface area contributed by atoms with E-state index in [1.807, 2.05) is 11.3 Å². The van der Waals surface area contributed by atoms with Crippen molar-refractivity contribution in [2.45, 2.75) is 0 Å². The Balaban J connectivity index is 1.62. The molecule has 0 fully saturated rings. The van der Waals surface area contributed by atoms with Gasteiger partial charge in [0.05, 0.1) is 21.4 Å². The summed E-state index contributed by atoms with van der Waals surface area (Å²) in [6.45, 7) is 0. The first-order chi connectivity index (χ1) is 16.3. The van der Waals surface area contributed by atoms with Gasteiger partial charge in [-0.15, -0.1) is 11.3 Å². The second kappa shape index (κ2) is 7.31. The zero-order chi connectivity index (χ0) is 21.9. The summed E-state index contributed by atoms with van der Waals surface area (Å²) in [6.07, 6.45) is 0. The Kier molecular flexibility index (Phi) is 4.23. The first kappa shape index (κ1) is 19.1. The molecule has 3 heteroatoms. The van der Waals surface area contributed by atoms with Crippen molar-refractivity contribution < 1.29 is 0 Å². The fourth-order valence-electron chi connectivity index (χ4n) is 5.00. The lowest BCUT2D eigenvalue weighted by Crippen LogP contribution is -1.94. The molecule has 0 spiro atoms. The van der Waals surface area contributed by atoms with Crippen molar-refractivity contribution >= 4 is 69.2 Å². The third-order valence-corrected chi connectivity index (χ3v) is 8.38. The Bertz CT molecular complexity index is 1840. The Labute approximate surface area is 203 Å². The molecule has 0 radical (unpaired) electrons. The highest BCUT2D eigenvalue weighted by Gasteiger charge is 2.17. The van der Waals surface area contributed by atoms with E-state index in [0.29, 0.717) is 0 Å². The Morgan fingerprint density at radius 2 is 1.30 bits per heavy atom. The highest BCUT2D eigenvalue weighted by atomic mass is 79.9. The van der Waals surface area contributed by atoms with Crippen molar-refractivity contribution in [2.24, 2.45) is 0 Å². The van der Waals surface area contributed by atoms with Crippen LogP contribution in [0.25, 0.3) is 58.8 Å². The van der Waals surface area contributed by atoms with Gasteiger partial charge in [0.15, 0.2) is 0 Å². The first-order valence-corrected chi connectivity index (χ1v) is 12.6. The minimum absolute atomic E-state index is 1.11. The lowest BCUT2D eigenvalue weighted by atomic mass is 10.0. The van der Waals surface area contributed by atoms with Gasteiger partial charge in [0.1, 0.15) is 0 Å². The maximum Gasteiger partial charge on any atom is 0.0640 e. The lowest BCUT2D eigenvalue weighted by Gasteiger charge is -2.11.